The van der Waals surface area contributed by atoms with Crippen molar-refractivity contribution >= 4 is 5.95 Å². The first-order valence-electron chi connectivity index (χ1n) is 6.19. The largest absolute Gasteiger partial charge is 0.354 e. The highest BCUT2D eigenvalue weighted by atomic mass is 15.1. The first kappa shape index (κ1) is 11.4. The molecule has 1 saturated carbocycles. The van der Waals surface area contributed by atoms with Crippen LogP contribution in [-0.4, -0.2) is 16.5 Å². The molecule has 2 rings (SSSR count). The quantitative estimate of drug-likeness (QED) is 0.849. The van der Waals surface area contributed by atoms with Crippen LogP contribution in [0.5, 0.6) is 0 Å². The molecule has 2 unspecified atom stereocenters. The van der Waals surface area contributed by atoms with Gasteiger partial charge in [0.15, 0.2) is 0 Å². The first-order chi connectivity index (χ1) is 7.63. The van der Waals surface area contributed by atoms with Gasteiger partial charge in [-0.15, -0.1) is 0 Å². The maximum Gasteiger partial charge on any atom is 0.223 e. The molecule has 1 fully saturated rings. The minimum atomic E-state index is 0.789. The van der Waals surface area contributed by atoms with Crippen molar-refractivity contribution in [1.29, 1.82) is 0 Å². The van der Waals surface area contributed by atoms with Gasteiger partial charge in [-0.25, -0.2) is 9.97 Å². The van der Waals surface area contributed by atoms with Gasteiger partial charge in [0.1, 0.15) is 0 Å². The van der Waals surface area contributed by atoms with Crippen LogP contribution in [0.3, 0.4) is 0 Å². The van der Waals surface area contributed by atoms with Crippen molar-refractivity contribution in [2.75, 3.05) is 11.9 Å². The van der Waals surface area contributed by atoms with E-state index in [4.69, 9.17) is 0 Å². The van der Waals surface area contributed by atoms with Crippen LogP contribution in [0.4, 0.5) is 5.95 Å². The second-order valence-corrected chi connectivity index (χ2v) is 5.14. The summed E-state index contributed by atoms with van der Waals surface area (Å²) in [7, 11) is 0. The van der Waals surface area contributed by atoms with Gasteiger partial charge in [-0.2, -0.15) is 0 Å². The van der Waals surface area contributed by atoms with Crippen LogP contribution >= 0.6 is 0 Å². The molecule has 0 aliphatic heterocycles. The molecule has 1 aromatic rings. The lowest BCUT2D eigenvalue weighted by Gasteiger charge is -2.11. The lowest BCUT2D eigenvalue weighted by Crippen LogP contribution is -2.14. The van der Waals surface area contributed by atoms with Crippen molar-refractivity contribution in [3.05, 3.63) is 17.5 Å². The molecule has 0 saturated heterocycles. The average molecular weight is 219 g/mol. The Bertz CT molecular complexity index is 342. The molecule has 1 aromatic heterocycles. The van der Waals surface area contributed by atoms with Crippen LogP contribution in [0.1, 0.15) is 37.6 Å². The van der Waals surface area contributed by atoms with Crippen LogP contribution in [0.25, 0.3) is 0 Å². The summed E-state index contributed by atoms with van der Waals surface area (Å²) in [5.41, 5.74) is 2.07. The topological polar surface area (TPSA) is 37.8 Å². The van der Waals surface area contributed by atoms with Gasteiger partial charge >= 0.3 is 0 Å². The second-order valence-electron chi connectivity index (χ2n) is 5.14. The van der Waals surface area contributed by atoms with E-state index >= 15 is 0 Å². The van der Waals surface area contributed by atoms with Gasteiger partial charge in [0.05, 0.1) is 0 Å². The zero-order valence-electron chi connectivity index (χ0n) is 10.5. The molecule has 0 spiro atoms. The van der Waals surface area contributed by atoms with Crippen molar-refractivity contribution in [1.82, 2.24) is 9.97 Å². The summed E-state index contributed by atoms with van der Waals surface area (Å²) in [4.78, 5) is 8.78. The Balaban J connectivity index is 1.89. The zero-order valence-corrected chi connectivity index (χ0v) is 10.5. The average Bonchev–Trinajstić information content (AvgIpc) is 2.60. The van der Waals surface area contributed by atoms with E-state index in [1.807, 2.05) is 19.9 Å². The number of aromatic nitrogens is 2. The molecule has 16 heavy (non-hydrogen) atoms. The van der Waals surface area contributed by atoms with Gasteiger partial charge in [0.25, 0.3) is 0 Å². The number of nitrogens with one attached hydrogen (secondary N) is 1. The number of hydrogen-bond acceptors (Lipinski definition) is 3. The molecule has 0 radical (unpaired) electrons. The van der Waals surface area contributed by atoms with Crippen molar-refractivity contribution in [3.63, 3.8) is 0 Å². The normalized spacial score (nSPS) is 24.7. The maximum atomic E-state index is 4.39. The Kier molecular flexibility index (Phi) is 3.42. The fourth-order valence-electron chi connectivity index (χ4n) is 2.55. The number of nitrogens with zero attached hydrogens (tertiary/aromatic N) is 2. The second kappa shape index (κ2) is 4.81. The standard InChI is InChI=1S/C13H21N3/c1-9-4-5-12(6-9)8-14-13-15-10(2)7-11(3)16-13/h7,9,12H,4-6,8H2,1-3H3,(H,14,15,16). The first-order valence-corrected chi connectivity index (χ1v) is 6.19. The molecule has 0 bridgehead atoms. The molecular weight excluding hydrogens is 198 g/mol. The summed E-state index contributed by atoms with van der Waals surface area (Å²) in [6, 6.07) is 2.00. The monoisotopic (exact) mass is 219 g/mol. The summed E-state index contributed by atoms with van der Waals surface area (Å²) in [5, 5.41) is 3.37. The number of anilines is 1. The Morgan fingerprint density at radius 2 is 1.94 bits per heavy atom. The van der Waals surface area contributed by atoms with E-state index in [0.29, 0.717) is 0 Å². The predicted octanol–water partition coefficient (Wildman–Crippen LogP) is 2.94. The lowest BCUT2D eigenvalue weighted by atomic mass is 10.1. The lowest BCUT2D eigenvalue weighted by molar-refractivity contribution is 0.535. The molecule has 0 aromatic carbocycles. The van der Waals surface area contributed by atoms with Crippen molar-refractivity contribution < 1.29 is 0 Å². The molecule has 2 atom stereocenters. The SMILES string of the molecule is Cc1cc(C)nc(NCC2CCC(C)C2)n1. The molecule has 3 heteroatoms. The Hall–Kier alpha value is -1.12. The van der Waals surface area contributed by atoms with E-state index in [2.05, 4.69) is 22.2 Å². The van der Waals surface area contributed by atoms with Gasteiger partial charge < -0.3 is 5.32 Å². The highest BCUT2D eigenvalue weighted by Gasteiger charge is 2.20. The smallest absolute Gasteiger partial charge is 0.223 e. The maximum absolute atomic E-state index is 4.39. The van der Waals surface area contributed by atoms with E-state index < -0.39 is 0 Å². The predicted molar refractivity (Wildman–Crippen MR) is 66.5 cm³/mol. The van der Waals surface area contributed by atoms with E-state index in [9.17, 15) is 0 Å². The van der Waals surface area contributed by atoms with E-state index in [1.165, 1.54) is 19.3 Å². The van der Waals surface area contributed by atoms with Crippen LogP contribution in [0.15, 0.2) is 6.07 Å². The van der Waals surface area contributed by atoms with Gasteiger partial charge in [-0.1, -0.05) is 13.3 Å². The third kappa shape index (κ3) is 2.94. The molecule has 1 aliphatic rings. The molecular formula is C13H21N3. The third-order valence-corrected chi connectivity index (χ3v) is 3.33. The minimum Gasteiger partial charge on any atom is -0.354 e. The van der Waals surface area contributed by atoms with Crippen LogP contribution in [-0.2, 0) is 0 Å². The summed E-state index contributed by atoms with van der Waals surface area (Å²) in [5.74, 6) is 2.49. The zero-order chi connectivity index (χ0) is 11.5. The highest BCUT2D eigenvalue weighted by molar-refractivity contribution is 5.27. The van der Waals surface area contributed by atoms with E-state index in [-0.39, 0.29) is 0 Å². The van der Waals surface area contributed by atoms with Gasteiger partial charge in [-0.3, -0.25) is 0 Å². The summed E-state index contributed by atoms with van der Waals surface area (Å²) in [6.45, 7) is 7.38. The Morgan fingerprint density at radius 1 is 1.25 bits per heavy atom. The molecule has 1 N–H and O–H groups in total. The fraction of sp³-hybridized carbons (Fsp3) is 0.692. The van der Waals surface area contributed by atoms with Crippen molar-refractivity contribution in [2.24, 2.45) is 11.8 Å². The Labute approximate surface area is 97.7 Å². The van der Waals surface area contributed by atoms with Crippen molar-refractivity contribution in [3.8, 4) is 0 Å². The van der Waals surface area contributed by atoms with Gasteiger partial charge in [0, 0.05) is 17.9 Å². The number of rotatable bonds is 3. The Morgan fingerprint density at radius 3 is 2.50 bits per heavy atom. The number of aryl methyl sites for hydroxylation is 2. The van der Waals surface area contributed by atoms with E-state index in [1.54, 1.807) is 0 Å². The van der Waals surface area contributed by atoms with Crippen LogP contribution < -0.4 is 5.32 Å². The van der Waals surface area contributed by atoms with Gasteiger partial charge in [0.2, 0.25) is 5.95 Å². The molecule has 3 nitrogen and oxygen atoms in total. The summed E-state index contributed by atoms with van der Waals surface area (Å²) < 4.78 is 0. The molecule has 1 aliphatic carbocycles. The summed E-state index contributed by atoms with van der Waals surface area (Å²) in [6.07, 6.45) is 4.07. The third-order valence-electron chi connectivity index (χ3n) is 3.33. The molecule has 88 valence electrons. The molecule has 1 heterocycles. The van der Waals surface area contributed by atoms with Crippen molar-refractivity contribution in [2.45, 2.75) is 40.0 Å². The highest BCUT2D eigenvalue weighted by Crippen LogP contribution is 2.30. The summed E-state index contributed by atoms with van der Waals surface area (Å²) >= 11 is 0. The number of hydrogen-bond donors (Lipinski definition) is 1. The minimum absolute atomic E-state index is 0.789. The fourth-order valence-corrected chi connectivity index (χ4v) is 2.55. The van der Waals surface area contributed by atoms with Gasteiger partial charge in [-0.05, 0) is 44.6 Å². The van der Waals surface area contributed by atoms with E-state index in [0.717, 1.165) is 35.7 Å². The van der Waals surface area contributed by atoms with Crippen LogP contribution in [0, 0.1) is 25.7 Å². The molecule has 0 amide bonds. The van der Waals surface area contributed by atoms with Crippen LogP contribution in [0.2, 0.25) is 0 Å².